The highest BCUT2D eigenvalue weighted by Gasteiger charge is 2.06. The summed E-state index contributed by atoms with van der Waals surface area (Å²) in [5, 5.41) is 8.86. The summed E-state index contributed by atoms with van der Waals surface area (Å²) in [4.78, 5) is 19.0. The quantitative estimate of drug-likeness (QED) is 0.626. The second-order valence-corrected chi connectivity index (χ2v) is 6.34. The highest BCUT2D eigenvalue weighted by atomic mass is 16.5. The number of aromatic carboxylic acids is 1. The first-order chi connectivity index (χ1) is 12.1. The van der Waals surface area contributed by atoms with Gasteiger partial charge in [0.15, 0.2) is 5.82 Å². The van der Waals surface area contributed by atoms with Gasteiger partial charge >= 0.3 is 5.97 Å². The van der Waals surface area contributed by atoms with Gasteiger partial charge in [0.25, 0.3) is 0 Å². The predicted molar refractivity (Wildman–Crippen MR) is 97.8 cm³/mol. The van der Waals surface area contributed by atoms with Crippen molar-refractivity contribution in [2.75, 3.05) is 6.61 Å². The third-order valence-corrected chi connectivity index (χ3v) is 4.32. The normalized spacial score (nSPS) is 11.9. The van der Waals surface area contributed by atoms with Crippen LogP contribution in [0.15, 0.2) is 36.7 Å². The molecule has 1 heterocycles. The van der Waals surface area contributed by atoms with Gasteiger partial charge in [0.1, 0.15) is 5.75 Å². The highest BCUT2D eigenvalue weighted by Crippen LogP contribution is 2.20. The molecule has 0 aliphatic rings. The number of ether oxygens (including phenoxy) is 1. The molecule has 0 fully saturated rings. The molecule has 2 rings (SSSR count). The van der Waals surface area contributed by atoms with Gasteiger partial charge < -0.3 is 9.84 Å². The van der Waals surface area contributed by atoms with Crippen molar-refractivity contribution in [1.82, 2.24) is 9.97 Å². The van der Waals surface area contributed by atoms with Crippen molar-refractivity contribution in [3.8, 4) is 17.1 Å². The molecule has 1 aromatic heterocycles. The van der Waals surface area contributed by atoms with Gasteiger partial charge in [-0.1, -0.05) is 39.5 Å². The Morgan fingerprint density at radius 2 is 1.80 bits per heavy atom. The Bertz CT molecular complexity index is 654. The van der Waals surface area contributed by atoms with Gasteiger partial charge in [0.2, 0.25) is 0 Å². The second kappa shape index (κ2) is 9.77. The van der Waals surface area contributed by atoms with Crippen molar-refractivity contribution >= 4 is 5.97 Å². The molecule has 0 saturated carbocycles. The van der Waals surface area contributed by atoms with Crippen LogP contribution in [0.5, 0.6) is 5.75 Å². The number of unbranched alkanes of at least 4 members (excludes halogenated alkanes) is 2. The van der Waals surface area contributed by atoms with Crippen LogP contribution >= 0.6 is 0 Å². The van der Waals surface area contributed by atoms with Gasteiger partial charge in [-0.2, -0.15) is 0 Å². The summed E-state index contributed by atoms with van der Waals surface area (Å²) >= 11 is 0. The second-order valence-electron chi connectivity index (χ2n) is 6.34. The molecule has 2 aromatic rings. The number of aromatic nitrogens is 2. The number of carboxylic acids is 1. The molecule has 0 saturated heterocycles. The molecule has 5 nitrogen and oxygen atoms in total. The highest BCUT2D eigenvalue weighted by molar-refractivity contribution is 5.86. The third kappa shape index (κ3) is 6.18. The van der Waals surface area contributed by atoms with E-state index in [1.807, 2.05) is 24.3 Å². The maximum atomic E-state index is 10.8. The first kappa shape index (κ1) is 18.9. The number of nitrogens with zero attached hydrogens (tertiary/aromatic N) is 2. The van der Waals surface area contributed by atoms with Crippen LogP contribution in [-0.2, 0) is 0 Å². The average Bonchev–Trinajstić information content (AvgIpc) is 2.65. The molecule has 0 unspecified atom stereocenters. The molecular formula is C20H26N2O3. The summed E-state index contributed by atoms with van der Waals surface area (Å²) in [6.45, 7) is 5.27. The molecule has 0 radical (unpaired) electrons. The van der Waals surface area contributed by atoms with Gasteiger partial charge in [-0.3, -0.25) is 0 Å². The summed E-state index contributed by atoms with van der Waals surface area (Å²) in [6, 6.07) is 7.55. The standard InChI is InChI=1S/C20H26N2O3/c1-3-15(2)7-5-4-6-12-25-18-10-8-16(9-11-18)19-21-13-17(14-22-19)20(23)24/h8-11,13-15H,3-7,12H2,1-2H3,(H,23,24)/t15-/m0/s1. The van der Waals surface area contributed by atoms with E-state index in [4.69, 9.17) is 9.84 Å². The van der Waals surface area contributed by atoms with Crippen LogP contribution in [0.3, 0.4) is 0 Å². The van der Waals surface area contributed by atoms with Crippen LogP contribution in [-0.4, -0.2) is 27.7 Å². The number of carbonyl (C=O) groups is 1. The Hall–Kier alpha value is -2.43. The minimum Gasteiger partial charge on any atom is -0.494 e. The Labute approximate surface area is 149 Å². The summed E-state index contributed by atoms with van der Waals surface area (Å²) in [5.41, 5.74) is 0.912. The van der Waals surface area contributed by atoms with E-state index in [0.29, 0.717) is 5.82 Å². The zero-order chi connectivity index (χ0) is 18.1. The maximum Gasteiger partial charge on any atom is 0.338 e. The molecule has 5 heteroatoms. The molecule has 134 valence electrons. The zero-order valence-corrected chi connectivity index (χ0v) is 14.9. The molecule has 0 bridgehead atoms. The summed E-state index contributed by atoms with van der Waals surface area (Å²) in [7, 11) is 0. The topological polar surface area (TPSA) is 72.3 Å². The third-order valence-electron chi connectivity index (χ3n) is 4.32. The number of carboxylic acid groups (broad SMARTS) is 1. The van der Waals surface area contributed by atoms with Crippen molar-refractivity contribution in [3.05, 3.63) is 42.2 Å². The van der Waals surface area contributed by atoms with Crippen molar-refractivity contribution < 1.29 is 14.6 Å². The van der Waals surface area contributed by atoms with Crippen molar-refractivity contribution in [2.45, 2.75) is 46.0 Å². The number of benzene rings is 1. The average molecular weight is 342 g/mol. The lowest BCUT2D eigenvalue weighted by Gasteiger charge is -2.09. The van der Waals surface area contributed by atoms with E-state index in [9.17, 15) is 4.79 Å². The van der Waals surface area contributed by atoms with Crippen LogP contribution in [0, 0.1) is 5.92 Å². The van der Waals surface area contributed by atoms with Crippen molar-refractivity contribution in [3.63, 3.8) is 0 Å². The number of hydrogen-bond acceptors (Lipinski definition) is 4. The molecule has 0 aliphatic heterocycles. The smallest absolute Gasteiger partial charge is 0.338 e. The monoisotopic (exact) mass is 342 g/mol. The van der Waals surface area contributed by atoms with E-state index >= 15 is 0 Å². The van der Waals surface area contributed by atoms with Gasteiger partial charge in [0.05, 0.1) is 12.2 Å². The lowest BCUT2D eigenvalue weighted by molar-refractivity contribution is 0.0696. The van der Waals surface area contributed by atoms with E-state index in [-0.39, 0.29) is 5.56 Å². The SMILES string of the molecule is CC[C@H](C)CCCCCOc1ccc(-c2ncc(C(=O)O)cn2)cc1. The van der Waals surface area contributed by atoms with E-state index in [0.717, 1.165) is 30.3 Å². The summed E-state index contributed by atoms with van der Waals surface area (Å²) < 4.78 is 5.76. The molecule has 1 atom stereocenters. The van der Waals surface area contributed by atoms with Crippen LogP contribution < -0.4 is 4.74 Å². The van der Waals surface area contributed by atoms with Crippen molar-refractivity contribution in [1.29, 1.82) is 0 Å². The van der Waals surface area contributed by atoms with Gasteiger partial charge in [-0.25, -0.2) is 14.8 Å². The molecule has 0 amide bonds. The van der Waals surface area contributed by atoms with E-state index in [2.05, 4.69) is 23.8 Å². The fraction of sp³-hybridized carbons (Fsp3) is 0.450. The molecule has 0 spiro atoms. The first-order valence-corrected chi connectivity index (χ1v) is 8.88. The zero-order valence-electron chi connectivity index (χ0n) is 14.9. The minimum atomic E-state index is -1.03. The van der Waals surface area contributed by atoms with Crippen LogP contribution in [0.4, 0.5) is 0 Å². The summed E-state index contributed by atoms with van der Waals surface area (Å²) in [5.74, 6) is 1.12. The largest absolute Gasteiger partial charge is 0.494 e. The minimum absolute atomic E-state index is 0.0806. The molecular weight excluding hydrogens is 316 g/mol. The fourth-order valence-corrected chi connectivity index (χ4v) is 2.45. The van der Waals surface area contributed by atoms with Gasteiger partial charge in [-0.15, -0.1) is 0 Å². The Morgan fingerprint density at radius 1 is 1.12 bits per heavy atom. The lowest BCUT2D eigenvalue weighted by Crippen LogP contribution is -2.00. The number of rotatable bonds is 10. The summed E-state index contributed by atoms with van der Waals surface area (Å²) in [6.07, 6.45) is 8.71. The van der Waals surface area contributed by atoms with E-state index in [1.54, 1.807) is 0 Å². The van der Waals surface area contributed by atoms with Crippen LogP contribution in [0.2, 0.25) is 0 Å². The predicted octanol–water partition coefficient (Wildman–Crippen LogP) is 4.83. The maximum absolute atomic E-state index is 10.8. The molecule has 1 N–H and O–H groups in total. The van der Waals surface area contributed by atoms with Crippen molar-refractivity contribution in [2.24, 2.45) is 5.92 Å². The van der Waals surface area contributed by atoms with Crippen LogP contribution in [0.25, 0.3) is 11.4 Å². The first-order valence-electron chi connectivity index (χ1n) is 8.88. The van der Waals surface area contributed by atoms with E-state index in [1.165, 1.54) is 38.1 Å². The van der Waals surface area contributed by atoms with Gasteiger partial charge in [0, 0.05) is 18.0 Å². The number of hydrogen-bond donors (Lipinski definition) is 1. The Kier molecular flexibility index (Phi) is 7.38. The van der Waals surface area contributed by atoms with Gasteiger partial charge in [-0.05, 0) is 36.6 Å². The van der Waals surface area contributed by atoms with Crippen LogP contribution in [0.1, 0.15) is 56.3 Å². The molecule has 1 aromatic carbocycles. The Morgan fingerprint density at radius 3 is 2.40 bits per heavy atom. The fourth-order valence-electron chi connectivity index (χ4n) is 2.45. The molecule has 0 aliphatic carbocycles. The Balaban J connectivity index is 1.77. The lowest BCUT2D eigenvalue weighted by atomic mass is 10.0. The van der Waals surface area contributed by atoms with E-state index < -0.39 is 5.97 Å². The molecule has 25 heavy (non-hydrogen) atoms.